The highest BCUT2D eigenvalue weighted by Crippen LogP contribution is 2.20. The molecule has 2 fully saturated rings. The van der Waals surface area contributed by atoms with E-state index in [1.165, 1.54) is 5.56 Å². The number of ether oxygens (including phenoxy) is 2. The molecule has 2 aromatic rings. The fourth-order valence-corrected chi connectivity index (χ4v) is 3.67. The topological polar surface area (TPSA) is 58.7 Å². The summed E-state index contributed by atoms with van der Waals surface area (Å²) in [6, 6.07) is 10.5. The third kappa shape index (κ3) is 6.64. The predicted molar refractivity (Wildman–Crippen MR) is 120 cm³/mol. The number of hydrogen-bond acceptors (Lipinski definition) is 6. The minimum atomic E-state index is 0.691. The van der Waals surface area contributed by atoms with Crippen LogP contribution >= 0.6 is 0 Å². The van der Waals surface area contributed by atoms with E-state index in [0.717, 1.165) is 81.8 Å². The fourth-order valence-electron chi connectivity index (χ4n) is 3.67. The average Bonchev–Trinajstić information content (AvgIpc) is 2.75. The minimum Gasteiger partial charge on any atom is -0.492 e. The molecule has 0 amide bonds. The largest absolute Gasteiger partial charge is 0.492 e. The molecule has 2 N–H and O–H groups in total. The number of nitrogens with one attached hydrogen (secondary N) is 2. The molecule has 1 aromatic carbocycles. The third-order valence-electron chi connectivity index (χ3n) is 5.55. The Hall–Kier alpha value is -2.25. The zero-order valence-corrected chi connectivity index (χ0v) is 17.6. The maximum atomic E-state index is 6.14. The smallest absolute Gasteiger partial charge is 0.120 e. The first-order chi connectivity index (χ1) is 14.8. The van der Waals surface area contributed by atoms with Crippen LogP contribution in [0.5, 0.6) is 5.75 Å². The molecule has 0 spiro atoms. The van der Waals surface area contributed by atoms with E-state index in [1.54, 1.807) is 6.20 Å². The quantitative estimate of drug-likeness (QED) is 0.629. The van der Waals surface area contributed by atoms with E-state index >= 15 is 0 Å². The van der Waals surface area contributed by atoms with Crippen molar-refractivity contribution in [2.24, 2.45) is 5.92 Å². The lowest BCUT2D eigenvalue weighted by atomic mass is 10.0. The molecule has 3 heterocycles. The zero-order valence-electron chi connectivity index (χ0n) is 17.6. The number of benzene rings is 1. The van der Waals surface area contributed by atoms with Gasteiger partial charge in [-0.05, 0) is 40.8 Å². The minimum absolute atomic E-state index is 0.691. The van der Waals surface area contributed by atoms with E-state index in [4.69, 9.17) is 9.47 Å². The van der Waals surface area contributed by atoms with Gasteiger partial charge < -0.3 is 20.1 Å². The number of aromatic nitrogens is 1. The Bertz CT molecular complexity index is 802. The fraction of sp³-hybridized carbons (Fsp3) is 0.458. The summed E-state index contributed by atoms with van der Waals surface area (Å²) in [7, 11) is 0. The van der Waals surface area contributed by atoms with Crippen molar-refractivity contribution in [3.05, 3.63) is 59.4 Å². The van der Waals surface area contributed by atoms with Gasteiger partial charge in [-0.3, -0.25) is 9.88 Å². The molecule has 6 nitrogen and oxygen atoms in total. The van der Waals surface area contributed by atoms with Crippen molar-refractivity contribution < 1.29 is 9.47 Å². The first kappa shape index (κ1) is 21.0. The van der Waals surface area contributed by atoms with Crippen LogP contribution in [-0.2, 0) is 11.3 Å². The monoisotopic (exact) mass is 408 g/mol. The second-order valence-corrected chi connectivity index (χ2v) is 7.99. The van der Waals surface area contributed by atoms with Crippen LogP contribution in [0.1, 0.15) is 16.7 Å². The SMILES string of the molecule is C(=C\c1cc(CNCC2CNC2)cc(OCCN2CCOCC2)c1)/c1cccnc1. The Morgan fingerprint density at radius 2 is 2.03 bits per heavy atom. The molecule has 0 radical (unpaired) electrons. The lowest BCUT2D eigenvalue weighted by Crippen LogP contribution is -2.47. The number of nitrogens with zero attached hydrogens (tertiary/aromatic N) is 2. The van der Waals surface area contributed by atoms with Gasteiger partial charge in [0.05, 0.1) is 13.2 Å². The Morgan fingerprint density at radius 1 is 1.17 bits per heavy atom. The highest BCUT2D eigenvalue weighted by Gasteiger charge is 2.15. The second kappa shape index (κ2) is 11.2. The number of hydrogen-bond donors (Lipinski definition) is 2. The number of pyridine rings is 1. The van der Waals surface area contributed by atoms with Crippen LogP contribution < -0.4 is 15.4 Å². The molecule has 6 heteroatoms. The van der Waals surface area contributed by atoms with Crippen molar-refractivity contribution in [1.82, 2.24) is 20.5 Å². The van der Waals surface area contributed by atoms with Gasteiger partial charge in [0.2, 0.25) is 0 Å². The Kier molecular flexibility index (Phi) is 7.86. The van der Waals surface area contributed by atoms with Crippen LogP contribution in [0, 0.1) is 5.92 Å². The van der Waals surface area contributed by atoms with Gasteiger partial charge in [0.25, 0.3) is 0 Å². The summed E-state index contributed by atoms with van der Waals surface area (Å²) in [5.41, 5.74) is 3.48. The van der Waals surface area contributed by atoms with Crippen molar-refractivity contribution in [3.63, 3.8) is 0 Å². The summed E-state index contributed by atoms with van der Waals surface area (Å²) < 4.78 is 11.6. The standard InChI is InChI=1S/C24H32N4O2/c1-2-20(15-25-5-1)3-4-21-12-22(16-26-17-23-18-27-19-23)14-24(13-21)30-11-8-28-6-9-29-10-7-28/h1-5,12-15,23,26-27H,6-11,16-19H2/b4-3+. The van der Waals surface area contributed by atoms with Crippen LogP contribution in [0.25, 0.3) is 12.2 Å². The van der Waals surface area contributed by atoms with Gasteiger partial charge in [-0.1, -0.05) is 24.3 Å². The van der Waals surface area contributed by atoms with Gasteiger partial charge in [0, 0.05) is 58.2 Å². The summed E-state index contributed by atoms with van der Waals surface area (Å²) in [6.07, 6.45) is 7.89. The summed E-state index contributed by atoms with van der Waals surface area (Å²) in [5.74, 6) is 1.68. The van der Waals surface area contributed by atoms with Crippen molar-refractivity contribution >= 4 is 12.2 Å². The molecule has 0 aliphatic carbocycles. The first-order valence-electron chi connectivity index (χ1n) is 10.9. The lowest BCUT2D eigenvalue weighted by Gasteiger charge is -2.27. The van der Waals surface area contributed by atoms with Gasteiger partial charge in [-0.2, -0.15) is 0 Å². The average molecular weight is 409 g/mol. The molecule has 0 atom stereocenters. The summed E-state index contributed by atoms with van der Waals surface area (Å²) in [6.45, 7) is 9.39. The predicted octanol–water partition coefficient (Wildman–Crippen LogP) is 2.27. The van der Waals surface area contributed by atoms with Crippen LogP contribution in [-0.4, -0.2) is 69.0 Å². The Labute approximate surface area is 179 Å². The van der Waals surface area contributed by atoms with E-state index in [-0.39, 0.29) is 0 Å². The van der Waals surface area contributed by atoms with Crippen LogP contribution in [0.15, 0.2) is 42.7 Å². The molecule has 2 aliphatic heterocycles. The van der Waals surface area contributed by atoms with Crippen LogP contribution in [0.4, 0.5) is 0 Å². The molecule has 2 aliphatic rings. The molecule has 0 saturated carbocycles. The maximum absolute atomic E-state index is 6.14. The molecule has 0 unspecified atom stereocenters. The maximum Gasteiger partial charge on any atom is 0.120 e. The van der Waals surface area contributed by atoms with E-state index in [2.05, 4.69) is 56.9 Å². The summed E-state index contributed by atoms with van der Waals surface area (Å²) >= 11 is 0. The molecule has 160 valence electrons. The van der Waals surface area contributed by atoms with Gasteiger partial charge in [-0.25, -0.2) is 0 Å². The van der Waals surface area contributed by atoms with E-state index < -0.39 is 0 Å². The number of rotatable bonds is 10. The summed E-state index contributed by atoms with van der Waals surface area (Å²) in [4.78, 5) is 6.58. The Balaban J connectivity index is 1.38. The third-order valence-corrected chi connectivity index (χ3v) is 5.55. The van der Waals surface area contributed by atoms with Gasteiger partial charge in [0.1, 0.15) is 12.4 Å². The zero-order chi connectivity index (χ0) is 20.4. The van der Waals surface area contributed by atoms with Crippen molar-refractivity contribution in [2.45, 2.75) is 6.54 Å². The van der Waals surface area contributed by atoms with Crippen LogP contribution in [0.3, 0.4) is 0 Å². The van der Waals surface area contributed by atoms with Crippen molar-refractivity contribution in [3.8, 4) is 5.75 Å². The Morgan fingerprint density at radius 3 is 2.80 bits per heavy atom. The van der Waals surface area contributed by atoms with E-state index in [1.807, 2.05) is 12.3 Å². The highest BCUT2D eigenvalue weighted by molar-refractivity contribution is 5.70. The second-order valence-electron chi connectivity index (χ2n) is 7.99. The molecule has 2 saturated heterocycles. The highest BCUT2D eigenvalue weighted by atomic mass is 16.5. The summed E-state index contributed by atoms with van der Waals surface area (Å²) in [5, 5.41) is 6.91. The van der Waals surface area contributed by atoms with Crippen LogP contribution in [0.2, 0.25) is 0 Å². The normalized spacial score (nSPS) is 17.9. The van der Waals surface area contributed by atoms with E-state index in [0.29, 0.717) is 6.61 Å². The van der Waals surface area contributed by atoms with Crippen molar-refractivity contribution in [2.75, 3.05) is 59.1 Å². The number of morpholine rings is 1. The van der Waals surface area contributed by atoms with Gasteiger partial charge in [-0.15, -0.1) is 0 Å². The molecule has 1 aromatic heterocycles. The van der Waals surface area contributed by atoms with Gasteiger partial charge >= 0.3 is 0 Å². The molecule has 4 rings (SSSR count). The molecule has 30 heavy (non-hydrogen) atoms. The first-order valence-corrected chi connectivity index (χ1v) is 10.9. The molecular weight excluding hydrogens is 376 g/mol. The van der Waals surface area contributed by atoms with E-state index in [9.17, 15) is 0 Å². The molecular formula is C24H32N4O2. The molecule has 0 bridgehead atoms. The van der Waals surface area contributed by atoms with Gasteiger partial charge in [0.15, 0.2) is 0 Å². The lowest BCUT2D eigenvalue weighted by molar-refractivity contribution is 0.0322. The van der Waals surface area contributed by atoms with Crippen molar-refractivity contribution in [1.29, 1.82) is 0 Å².